The molecular weight excluding hydrogens is 257 g/mol. The van der Waals surface area contributed by atoms with E-state index in [1.807, 2.05) is 18.4 Å². The molecule has 0 fully saturated rings. The lowest BCUT2D eigenvalue weighted by molar-refractivity contribution is 0.585. The molecular formula is C13H13ClFNS. The number of hydrogen-bond donors (Lipinski definition) is 1. The van der Waals surface area contributed by atoms with Gasteiger partial charge in [0.15, 0.2) is 0 Å². The largest absolute Gasteiger partial charge is 0.317 e. The summed E-state index contributed by atoms with van der Waals surface area (Å²) in [5, 5.41) is 2.51. The quantitative estimate of drug-likeness (QED) is 0.874. The van der Waals surface area contributed by atoms with E-state index in [9.17, 15) is 4.39 Å². The van der Waals surface area contributed by atoms with Crippen LogP contribution in [0.2, 0.25) is 5.02 Å². The number of thiophene rings is 1. The van der Waals surface area contributed by atoms with Gasteiger partial charge in [0.2, 0.25) is 0 Å². The minimum atomic E-state index is -0.764. The van der Waals surface area contributed by atoms with Crippen LogP contribution in [0.25, 0.3) is 0 Å². The van der Waals surface area contributed by atoms with Crippen molar-refractivity contribution in [2.75, 3.05) is 0 Å². The van der Waals surface area contributed by atoms with Crippen molar-refractivity contribution in [2.24, 2.45) is 5.73 Å². The van der Waals surface area contributed by atoms with Crippen LogP contribution in [0.3, 0.4) is 0 Å². The van der Waals surface area contributed by atoms with E-state index in [0.29, 0.717) is 10.6 Å². The number of aryl methyl sites for hydroxylation is 1. The summed E-state index contributed by atoms with van der Waals surface area (Å²) in [4.78, 5) is 0.849. The van der Waals surface area contributed by atoms with Gasteiger partial charge in [0.05, 0.1) is 10.6 Å². The van der Waals surface area contributed by atoms with Crippen LogP contribution in [0.15, 0.2) is 29.6 Å². The van der Waals surface area contributed by atoms with Gasteiger partial charge in [-0.2, -0.15) is 0 Å². The number of rotatable bonds is 2. The molecule has 1 atom stereocenters. The summed E-state index contributed by atoms with van der Waals surface area (Å²) in [6.45, 7) is 3.57. The fraction of sp³-hybridized carbons (Fsp3) is 0.231. The molecule has 0 spiro atoms. The smallest absolute Gasteiger partial charge is 0.126 e. The molecule has 4 heteroatoms. The Hall–Kier alpha value is -0.900. The van der Waals surface area contributed by atoms with Crippen molar-refractivity contribution < 1.29 is 4.39 Å². The second-order valence-corrected chi connectivity index (χ2v) is 5.59. The van der Waals surface area contributed by atoms with Crippen molar-refractivity contribution in [3.8, 4) is 0 Å². The van der Waals surface area contributed by atoms with E-state index in [1.165, 1.54) is 17.4 Å². The van der Waals surface area contributed by atoms with E-state index in [1.54, 1.807) is 19.1 Å². The zero-order valence-electron chi connectivity index (χ0n) is 9.63. The van der Waals surface area contributed by atoms with Gasteiger partial charge < -0.3 is 5.73 Å². The maximum Gasteiger partial charge on any atom is 0.126 e. The molecule has 2 N–H and O–H groups in total. The van der Waals surface area contributed by atoms with Gasteiger partial charge in [0.25, 0.3) is 0 Å². The van der Waals surface area contributed by atoms with Crippen LogP contribution in [0, 0.1) is 12.7 Å². The highest BCUT2D eigenvalue weighted by molar-refractivity contribution is 7.10. The van der Waals surface area contributed by atoms with Crippen LogP contribution in [0.4, 0.5) is 4.39 Å². The molecule has 2 aromatic rings. The molecule has 0 saturated heterocycles. The SMILES string of the molecule is Cc1ccc(C(C)(N)c2sccc2Cl)cc1F. The van der Waals surface area contributed by atoms with Crippen LogP contribution in [0.1, 0.15) is 22.9 Å². The van der Waals surface area contributed by atoms with Crippen LogP contribution in [-0.2, 0) is 5.54 Å². The molecule has 0 radical (unpaired) electrons. The van der Waals surface area contributed by atoms with Crippen molar-refractivity contribution in [1.29, 1.82) is 0 Å². The Kier molecular flexibility index (Phi) is 3.25. The first-order valence-corrected chi connectivity index (χ1v) is 6.47. The van der Waals surface area contributed by atoms with E-state index < -0.39 is 5.54 Å². The Balaban J connectivity index is 2.51. The van der Waals surface area contributed by atoms with Gasteiger partial charge in [-0.05, 0) is 42.5 Å². The first-order chi connectivity index (χ1) is 7.93. The minimum Gasteiger partial charge on any atom is -0.317 e. The van der Waals surface area contributed by atoms with Gasteiger partial charge in [0.1, 0.15) is 5.82 Å². The summed E-state index contributed by atoms with van der Waals surface area (Å²) in [5.41, 5.74) is 6.86. The Morgan fingerprint density at radius 2 is 2.06 bits per heavy atom. The van der Waals surface area contributed by atoms with Gasteiger partial charge in [-0.3, -0.25) is 0 Å². The number of hydrogen-bond acceptors (Lipinski definition) is 2. The van der Waals surface area contributed by atoms with E-state index in [0.717, 1.165) is 10.4 Å². The zero-order chi connectivity index (χ0) is 12.6. The van der Waals surface area contributed by atoms with E-state index >= 15 is 0 Å². The lowest BCUT2D eigenvalue weighted by atomic mass is 9.91. The topological polar surface area (TPSA) is 26.0 Å². The average molecular weight is 270 g/mol. The molecule has 0 aliphatic rings. The molecule has 1 unspecified atom stereocenters. The summed E-state index contributed by atoms with van der Waals surface area (Å²) in [6, 6.07) is 6.86. The third kappa shape index (κ3) is 2.23. The fourth-order valence-electron chi connectivity index (χ4n) is 1.71. The van der Waals surface area contributed by atoms with E-state index in [4.69, 9.17) is 17.3 Å². The average Bonchev–Trinajstić information content (AvgIpc) is 2.69. The normalized spacial score (nSPS) is 14.6. The molecule has 0 aliphatic heterocycles. The van der Waals surface area contributed by atoms with Gasteiger partial charge in [-0.25, -0.2) is 4.39 Å². The molecule has 0 saturated carbocycles. The van der Waals surface area contributed by atoms with Crippen molar-refractivity contribution in [3.63, 3.8) is 0 Å². The number of nitrogens with two attached hydrogens (primary N) is 1. The van der Waals surface area contributed by atoms with Crippen LogP contribution in [-0.4, -0.2) is 0 Å². The van der Waals surface area contributed by atoms with Gasteiger partial charge in [-0.15, -0.1) is 11.3 Å². The highest BCUT2D eigenvalue weighted by Crippen LogP contribution is 2.36. The summed E-state index contributed by atoms with van der Waals surface area (Å²) in [7, 11) is 0. The predicted molar refractivity (Wildman–Crippen MR) is 71.1 cm³/mol. The molecule has 1 aromatic heterocycles. The zero-order valence-corrected chi connectivity index (χ0v) is 11.2. The van der Waals surface area contributed by atoms with Crippen molar-refractivity contribution in [3.05, 3.63) is 56.5 Å². The summed E-state index contributed by atoms with van der Waals surface area (Å²) in [6.07, 6.45) is 0. The molecule has 1 heterocycles. The van der Waals surface area contributed by atoms with Crippen LogP contribution in [0.5, 0.6) is 0 Å². The maximum absolute atomic E-state index is 13.6. The van der Waals surface area contributed by atoms with E-state index in [-0.39, 0.29) is 5.82 Å². The molecule has 1 aromatic carbocycles. The third-order valence-electron chi connectivity index (χ3n) is 2.86. The van der Waals surface area contributed by atoms with Crippen LogP contribution < -0.4 is 5.73 Å². The maximum atomic E-state index is 13.6. The first-order valence-electron chi connectivity index (χ1n) is 5.22. The lowest BCUT2D eigenvalue weighted by Crippen LogP contribution is -2.33. The molecule has 0 amide bonds. The Morgan fingerprint density at radius 3 is 2.59 bits per heavy atom. The van der Waals surface area contributed by atoms with Gasteiger partial charge in [-0.1, -0.05) is 23.7 Å². The van der Waals surface area contributed by atoms with Crippen molar-refractivity contribution in [2.45, 2.75) is 19.4 Å². The van der Waals surface area contributed by atoms with Crippen molar-refractivity contribution in [1.82, 2.24) is 0 Å². The van der Waals surface area contributed by atoms with Crippen molar-refractivity contribution >= 4 is 22.9 Å². The molecule has 17 heavy (non-hydrogen) atoms. The fourth-order valence-corrected chi connectivity index (χ4v) is 3.06. The molecule has 1 nitrogen and oxygen atoms in total. The minimum absolute atomic E-state index is 0.244. The molecule has 2 rings (SSSR count). The third-order valence-corrected chi connectivity index (χ3v) is 4.44. The number of halogens is 2. The Labute approximate surface area is 109 Å². The second-order valence-electron chi connectivity index (χ2n) is 4.26. The first kappa shape index (κ1) is 12.6. The summed E-state index contributed by atoms with van der Waals surface area (Å²) in [5.74, 6) is -0.244. The van der Waals surface area contributed by atoms with Gasteiger partial charge in [0, 0.05) is 4.88 Å². The highest BCUT2D eigenvalue weighted by atomic mass is 35.5. The monoisotopic (exact) mass is 269 g/mol. The standard InChI is InChI=1S/C13H13ClFNS/c1-8-3-4-9(7-11(8)15)13(2,16)12-10(14)5-6-17-12/h3-7H,16H2,1-2H3. The van der Waals surface area contributed by atoms with Crippen LogP contribution >= 0.6 is 22.9 Å². The predicted octanol–water partition coefficient (Wildman–Crippen LogP) is 4.07. The summed E-state index contributed by atoms with van der Waals surface area (Å²) < 4.78 is 13.6. The Morgan fingerprint density at radius 1 is 1.35 bits per heavy atom. The van der Waals surface area contributed by atoms with Gasteiger partial charge >= 0.3 is 0 Å². The van der Waals surface area contributed by atoms with E-state index in [2.05, 4.69) is 0 Å². The molecule has 0 aliphatic carbocycles. The Bertz CT molecular complexity index is 548. The summed E-state index contributed by atoms with van der Waals surface area (Å²) >= 11 is 7.56. The second kappa shape index (κ2) is 4.41. The number of benzene rings is 1. The highest BCUT2D eigenvalue weighted by Gasteiger charge is 2.28. The molecule has 90 valence electrons. The molecule has 0 bridgehead atoms. The lowest BCUT2D eigenvalue weighted by Gasteiger charge is -2.25.